The van der Waals surface area contributed by atoms with Gasteiger partial charge in [0.25, 0.3) is 0 Å². The Morgan fingerprint density at radius 3 is 2.33 bits per heavy atom. The number of unbranched alkanes of at least 4 members (excludes halogenated alkanes) is 2. The highest BCUT2D eigenvalue weighted by Gasteiger charge is 2.45. The number of amides is 2. The summed E-state index contributed by atoms with van der Waals surface area (Å²) in [4.78, 5) is 37.1. The summed E-state index contributed by atoms with van der Waals surface area (Å²) in [6.45, 7) is 2.22. The standard InChI is InChI=1S/C16H25NO4/c1-2-3-6-9-21-15(20)12-17-13(18)10-16(11-14(17)19)7-4-5-8-16/h2-12H2,1H3. The number of ether oxygens (including phenoxy) is 1. The van der Waals surface area contributed by atoms with E-state index in [-0.39, 0.29) is 23.8 Å². The molecule has 5 nitrogen and oxygen atoms in total. The predicted molar refractivity (Wildman–Crippen MR) is 77.3 cm³/mol. The van der Waals surface area contributed by atoms with Crippen molar-refractivity contribution in [2.24, 2.45) is 5.41 Å². The largest absolute Gasteiger partial charge is 0.464 e. The SMILES string of the molecule is CCCCCOC(=O)CN1C(=O)CC2(CCCC2)CC1=O. The van der Waals surface area contributed by atoms with Crippen molar-refractivity contribution in [3.8, 4) is 0 Å². The van der Waals surface area contributed by atoms with E-state index < -0.39 is 5.97 Å². The zero-order valence-corrected chi connectivity index (χ0v) is 12.9. The van der Waals surface area contributed by atoms with Crippen molar-refractivity contribution in [1.29, 1.82) is 0 Å². The Morgan fingerprint density at radius 2 is 1.76 bits per heavy atom. The molecule has 2 rings (SSSR count). The van der Waals surface area contributed by atoms with Crippen LogP contribution in [0, 0.1) is 5.41 Å². The molecule has 1 heterocycles. The minimum Gasteiger partial charge on any atom is -0.464 e. The van der Waals surface area contributed by atoms with Crippen molar-refractivity contribution in [1.82, 2.24) is 4.90 Å². The molecule has 5 heteroatoms. The molecular weight excluding hydrogens is 270 g/mol. The Kier molecular flexibility index (Phi) is 5.37. The number of piperidine rings is 1. The van der Waals surface area contributed by atoms with Gasteiger partial charge < -0.3 is 4.74 Å². The van der Waals surface area contributed by atoms with Crippen LogP contribution >= 0.6 is 0 Å². The molecule has 1 saturated heterocycles. The molecule has 2 amide bonds. The first-order valence-corrected chi connectivity index (χ1v) is 8.05. The Morgan fingerprint density at radius 1 is 1.14 bits per heavy atom. The fourth-order valence-electron chi connectivity index (χ4n) is 3.40. The molecule has 0 unspecified atom stereocenters. The van der Waals surface area contributed by atoms with E-state index in [1.54, 1.807) is 0 Å². The number of carbonyl (C=O) groups is 3. The molecule has 0 aromatic rings. The lowest BCUT2D eigenvalue weighted by Gasteiger charge is -2.36. The Labute approximate surface area is 126 Å². The van der Waals surface area contributed by atoms with Gasteiger partial charge in [-0.2, -0.15) is 0 Å². The van der Waals surface area contributed by atoms with Crippen LogP contribution < -0.4 is 0 Å². The van der Waals surface area contributed by atoms with Crippen molar-refractivity contribution < 1.29 is 19.1 Å². The second-order valence-electron chi connectivity index (χ2n) is 6.36. The van der Waals surface area contributed by atoms with Crippen molar-refractivity contribution in [3.05, 3.63) is 0 Å². The minimum atomic E-state index is -0.477. The van der Waals surface area contributed by atoms with Crippen molar-refractivity contribution in [2.45, 2.75) is 64.7 Å². The highest BCUT2D eigenvalue weighted by molar-refractivity contribution is 6.01. The minimum absolute atomic E-state index is 0.115. The zero-order chi connectivity index (χ0) is 15.3. The van der Waals surface area contributed by atoms with Crippen molar-refractivity contribution in [2.75, 3.05) is 13.2 Å². The van der Waals surface area contributed by atoms with Crippen LogP contribution in [-0.4, -0.2) is 35.8 Å². The van der Waals surface area contributed by atoms with E-state index in [1.165, 1.54) is 0 Å². The van der Waals surface area contributed by atoms with Crippen LogP contribution in [0.15, 0.2) is 0 Å². The fourth-order valence-corrected chi connectivity index (χ4v) is 3.40. The van der Waals surface area contributed by atoms with Crippen molar-refractivity contribution >= 4 is 17.8 Å². The van der Waals surface area contributed by atoms with Crippen molar-refractivity contribution in [3.63, 3.8) is 0 Å². The highest BCUT2D eigenvalue weighted by Crippen LogP contribution is 2.46. The second kappa shape index (κ2) is 7.05. The molecule has 2 aliphatic rings. The third-order valence-electron chi connectivity index (χ3n) is 4.62. The first-order chi connectivity index (χ1) is 10.1. The van der Waals surface area contributed by atoms with Crippen LogP contribution in [0.2, 0.25) is 0 Å². The molecule has 0 aromatic carbocycles. The lowest BCUT2D eigenvalue weighted by atomic mass is 9.76. The number of hydrogen-bond acceptors (Lipinski definition) is 4. The quantitative estimate of drug-likeness (QED) is 0.429. The van der Waals surface area contributed by atoms with Crippen LogP contribution in [-0.2, 0) is 19.1 Å². The van der Waals surface area contributed by atoms with Gasteiger partial charge in [-0.1, -0.05) is 32.6 Å². The van der Waals surface area contributed by atoms with Gasteiger partial charge in [-0.25, -0.2) is 0 Å². The summed E-state index contributed by atoms with van der Waals surface area (Å²) in [5, 5.41) is 0. The lowest BCUT2D eigenvalue weighted by Crippen LogP contribution is -2.49. The average molecular weight is 295 g/mol. The maximum atomic E-state index is 12.2. The van der Waals surface area contributed by atoms with Gasteiger partial charge >= 0.3 is 5.97 Å². The van der Waals surface area contributed by atoms with Gasteiger partial charge in [-0.05, 0) is 24.7 Å². The van der Waals surface area contributed by atoms with Gasteiger partial charge in [0.1, 0.15) is 6.54 Å². The molecule has 118 valence electrons. The van der Waals surface area contributed by atoms with E-state index in [0.29, 0.717) is 19.4 Å². The zero-order valence-electron chi connectivity index (χ0n) is 12.9. The van der Waals surface area contributed by atoms with Gasteiger partial charge in [0.2, 0.25) is 11.8 Å². The smallest absolute Gasteiger partial charge is 0.326 e. The van der Waals surface area contributed by atoms with Crippen LogP contribution in [0.25, 0.3) is 0 Å². The average Bonchev–Trinajstić information content (AvgIpc) is 2.87. The molecule has 0 aromatic heterocycles. The Hall–Kier alpha value is -1.39. The fraction of sp³-hybridized carbons (Fsp3) is 0.812. The molecule has 0 atom stereocenters. The Bertz CT molecular complexity index is 393. The molecule has 2 fully saturated rings. The summed E-state index contributed by atoms with van der Waals surface area (Å²) in [5.74, 6) is -0.896. The summed E-state index contributed by atoms with van der Waals surface area (Å²) in [6, 6.07) is 0. The van der Waals surface area contributed by atoms with E-state index in [0.717, 1.165) is 49.8 Å². The summed E-state index contributed by atoms with van der Waals surface area (Å²) in [6.07, 6.45) is 7.82. The van der Waals surface area contributed by atoms with Gasteiger partial charge in [0.15, 0.2) is 0 Å². The first-order valence-electron chi connectivity index (χ1n) is 8.05. The topological polar surface area (TPSA) is 63.7 Å². The number of likely N-dealkylation sites (tertiary alicyclic amines) is 1. The predicted octanol–water partition coefficient (Wildman–Crippen LogP) is 2.43. The van der Waals surface area contributed by atoms with Crippen LogP contribution in [0.3, 0.4) is 0 Å². The molecule has 1 aliphatic heterocycles. The molecular formula is C16H25NO4. The number of hydrogen-bond donors (Lipinski definition) is 0. The maximum absolute atomic E-state index is 12.2. The van der Waals surface area contributed by atoms with E-state index in [1.807, 2.05) is 0 Å². The van der Waals surface area contributed by atoms with Gasteiger partial charge in [-0.3, -0.25) is 19.3 Å². The normalized spacial score (nSPS) is 21.1. The Balaban J connectivity index is 1.82. The van der Waals surface area contributed by atoms with Gasteiger partial charge in [-0.15, -0.1) is 0 Å². The summed E-state index contributed by atoms with van der Waals surface area (Å²) in [7, 11) is 0. The summed E-state index contributed by atoms with van der Waals surface area (Å²) in [5.41, 5.74) is -0.115. The maximum Gasteiger partial charge on any atom is 0.326 e. The summed E-state index contributed by atoms with van der Waals surface area (Å²) < 4.78 is 5.08. The number of imide groups is 1. The number of nitrogens with zero attached hydrogens (tertiary/aromatic N) is 1. The van der Waals surface area contributed by atoms with Crippen LogP contribution in [0.1, 0.15) is 64.7 Å². The number of carbonyl (C=O) groups excluding carboxylic acids is 3. The van der Waals surface area contributed by atoms with Crippen LogP contribution in [0.5, 0.6) is 0 Å². The number of esters is 1. The lowest BCUT2D eigenvalue weighted by molar-refractivity contribution is -0.161. The van der Waals surface area contributed by atoms with E-state index in [9.17, 15) is 14.4 Å². The molecule has 1 aliphatic carbocycles. The van der Waals surface area contributed by atoms with Crippen LogP contribution in [0.4, 0.5) is 0 Å². The second-order valence-corrected chi connectivity index (χ2v) is 6.36. The van der Waals surface area contributed by atoms with Gasteiger partial charge in [0.05, 0.1) is 6.61 Å². The van der Waals surface area contributed by atoms with E-state index in [2.05, 4.69) is 6.92 Å². The monoisotopic (exact) mass is 295 g/mol. The van der Waals surface area contributed by atoms with E-state index >= 15 is 0 Å². The summed E-state index contributed by atoms with van der Waals surface area (Å²) >= 11 is 0. The molecule has 0 bridgehead atoms. The van der Waals surface area contributed by atoms with E-state index in [4.69, 9.17) is 4.74 Å². The molecule has 21 heavy (non-hydrogen) atoms. The first kappa shape index (κ1) is 16.0. The molecule has 0 N–H and O–H groups in total. The highest BCUT2D eigenvalue weighted by atomic mass is 16.5. The molecule has 1 saturated carbocycles. The number of rotatable bonds is 6. The molecule has 0 radical (unpaired) electrons. The third kappa shape index (κ3) is 4.05. The third-order valence-corrected chi connectivity index (χ3v) is 4.62. The van der Waals surface area contributed by atoms with Gasteiger partial charge in [0, 0.05) is 12.8 Å². The molecule has 1 spiro atoms.